The van der Waals surface area contributed by atoms with E-state index in [0.717, 1.165) is 36.7 Å². The van der Waals surface area contributed by atoms with Gasteiger partial charge in [-0.2, -0.15) is 0 Å². The summed E-state index contributed by atoms with van der Waals surface area (Å²) in [7, 11) is 0. The van der Waals surface area contributed by atoms with Crippen molar-refractivity contribution in [3.05, 3.63) is 35.6 Å². The quantitative estimate of drug-likeness (QED) is 0.349. The van der Waals surface area contributed by atoms with Crippen molar-refractivity contribution in [3.8, 4) is 0 Å². The highest BCUT2D eigenvalue weighted by molar-refractivity contribution is 5.69. The van der Waals surface area contributed by atoms with Gasteiger partial charge < -0.3 is 4.74 Å². The van der Waals surface area contributed by atoms with Gasteiger partial charge in [0, 0.05) is 31.5 Å². The van der Waals surface area contributed by atoms with Gasteiger partial charge in [0.2, 0.25) is 0 Å². The summed E-state index contributed by atoms with van der Waals surface area (Å²) >= 11 is 0. The summed E-state index contributed by atoms with van der Waals surface area (Å²) in [6.07, 6.45) is 17.4. The highest BCUT2D eigenvalue weighted by atomic mass is 19.1. The maximum absolute atomic E-state index is 14.4. The molecule has 3 unspecified atom stereocenters. The van der Waals surface area contributed by atoms with Crippen LogP contribution in [-0.4, -0.2) is 36.6 Å². The SMILES string of the molecule is CCOC(=O)CC1CCCC(N(CC2CCCCC2)CC2CCCCC2)C1c1cccc(F)c1. The normalized spacial score (nSPS) is 27.1. The molecule has 1 aromatic rings. The third-order valence-corrected chi connectivity index (χ3v) is 8.87. The Bertz CT molecular complexity index is 736. The first kappa shape index (κ1) is 25.7. The zero-order chi connectivity index (χ0) is 23.8. The zero-order valence-electron chi connectivity index (χ0n) is 21.4. The number of benzene rings is 1. The average molecular weight is 472 g/mol. The van der Waals surface area contributed by atoms with Crippen LogP contribution in [0.15, 0.2) is 24.3 Å². The molecule has 0 amide bonds. The molecule has 3 aliphatic carbocycles. The van der Waals surface area contributed by atoms with E-state index < -0.39 is 0 Å². The number of ether oxygens (including phenoxy) is 1. The number of halogens is 1. The second-order valence-corrected chi connectivity index (χ2v) is 11.3. The highest BCUT2D eigenvalue weighted by Gasteiger charge is 2.40. The lowest BCUT2D eigenvalue weighted by Crippen LogP contribution is -2.49. The number of nitrogens with zero attached hydrogens (tertiary/aromatic N) is 1. The smallest absolute Gasteiger partial charge is 0.306 e. The van der Waals surface area contributed by atoms with Gasteiger partial charge in [0.25, 0.3) is 0 Å². The number of carbonyl (C=O) groups excluding carboxylic acids is 1. The summed E-state index contributed by atoms with van der Waals surface area (Å²) in [5.41, 5.74) is 1.08. The van der Waals surface area contributed by atoms with Gasteiger partial charge in [-0.25, -0.2) is 4.39 Å². The molecule has 3 nitrogen and oxygen atoms in total. The predicted octanol–water partition coefficient (Wildman–Crippen LogP) is 7.49. The molecule has 3 atom stereocenters. The first-order chi connectivity index (χ1) is 16.6. The monoisotopic (exact) mass is 471 g/mol. The lowest BCUT2D eigenvalue weighted by atomic mass is 9.70. The maximum Gasteiger partial charge on any atom is 0.306 e. The number of esters is 1. The topological polar surface area (TPSA) is 29.5 Å². The van der Waals surface area contributed by atoms with Crippen LogP contribution in [0.3, 0.4) is 0 Å². The average Bonchev–Trinajstić information content (AvgIpc) is 2.85. The van der Waals surface area contributed by atoms with Crippen molar-refractivity contribution in [2.45, 2.75) is 109 Å². The first-order valence-corrected chi connectivity index (χ1v) is 14.3. The van der Waals surface area contributed by atoms with E-state index in [-0.39, 0.29) is 23.6 Å². The third kappa shape index (κ3) is 7.06. The molecule has 3 fully saturated rings. The molecule has 0 heterocycles. The molecule has 4 rings (SSSR count). The fourth-order valence-corrected chi connectivity index (χ4v) is 7.29. The lowest BCUT2D eigenvalue weighted by Gasteiger charge is -2.47. The molecular formula is C30H46FNO2. The van der Waals surface area contributed by atoms with Crippen LogP contribution in [0.2, 0.25) is 0 Å². The van der Waals surface area contributed by atoms with E-state index >= 15 is 0 Å². The summed E-state index contributed by atoms with van der Waals surface area (Å²) in [6.45, 7) is 4.66. The van der Waals surface area contributed by atoms with Gasteiger partial charge in [0.05, 0.1) is 6.61 Å². The molecular weight excluding hydrogens is 425 g/mol. The Morgan fingerprint density at radius 1 is 0.912 bits per heavy atom. The third-order valence-electron chi connectivity index (χ3n) is 8.87. The zero-order valence-corrected chi connectivity index (χ0v) is 21.4. The van der Waals surface area contributed by atoms with Crippen LogP contribution in [-0.2, 0) is 9.53 Å². The number of hydrogen-bond acceptors (Lipinski definition) is 3. The van der Waals surface area contributed by atoms with Crippen LogP contribution in [0.4, 0.5) is 4.39 Å². The van der Waals surface area contributed by atoms with E-state index in [2.05, 4.69) is 11.0 Å². The van der Waals surface area contributed by atoms with Crippen LogP contribution in [0.1, 0.15) is 108 Å². The maximum atomic E-state index is 14.4. The van der Waals surface area contributed by atoms with Gasteiger partial charge >= 0.3 is 5.97 Å². The number of carbonyl (C=O) groups is 1. The molecule has 0 aliphatic heterocycles. The molecule has 3 aliphatic rings. The predicted molar refractivity (Wildman–Crippen MR) is 136 cm³/mol. The lowest BCUT2D eigenvalue weighted by molar-refractivity contribution is -0.145. The Morgan fingerprint density at radius 2 is 1.56 bits per heavy atom. The van der Waals surface area contributed by atoms with Gasteiger partial charge in [-0.1, -0.05) is 57.1 Å². The second kappa shape index (κ2) is 13.0. The molecule has 0 N–H and O–H groups in total. The van der Waals surface area contributed by atoms with Crippen LogP contribution >= 0.6 is 0 Å². The van der Waals surface area contributed by atoms with Crippen LogP contribution in [0, 0.1) is 23.6 Å². The van der Waals surface area contributed by atoms with Crippen molar-refractivity contribution in [2.75, 3.05) is 19.7 Å². The van der Waals surface area contributed by atoms with Crippen molar-refractivity contribution in [3.63, 3.8) is 0 Å². The van der Waals surface area contributed by atoms with Crippen molar-refractivity contribution < 1.29 is 13.9 Å². The Kier molecular flexibility index (Phi) is 9.85. The largest absolute Gasteiger partial charge is 0.466 e. The van der Waals surface area contributed by atoms with Crippen LogP contribution in [0.25, 0.3) is 0 Å². The van der Waals surface area contributed by atoms with Crippen LogP contribution in [0.5, 0.6) is 0 Å². The van der Waals surface area contributed by atoms with E-state index in [0.29, 0.717) is 19.1 Å². The summed E-state index contributed by atoms with van der Waals surface area (Å²) in [5, 5.41) is 0. The minimum absolute atomic E-state index is 0.0966. The minimum Gasteiger partial charge on any atom is -0.466 e. The molecule has 0 spiro atoms. The summed E-state index contributed by atoms with van der Waals surface area (Å²) in [6, 6.07) is 7.62. The van der Waals surface area contributed by atoms with Gasteiger partial charge in [-0.05, 0) is 80.9 Å². The molecule has 190 valence electrons. The second-order valence-electron chi connectivity index (χ2n) is 11.3. The van der Waals surface area contributed by atoms with Crippen molar-refractivity contribution in [1.29, 1.82) is 0 Å². The fraction of sp³-hybridized carbons (Fsp3) is 0.767. The Morgan fingerprint density at radius 3 is 2.15 bits per heavy atom. The summed E-state index contributed by atoms with van der Waals surface area (Å²) in [5.74, 6) is 1.73. The van der Waals surface area contributed by atoms with Gasteiger partial charge in [0.15, 0.2) is 0 Å². The standard InChI is InChI=1S/C30H46FNO2/c1-2-34-29(33)20-26-16-10-18-28(30(26)25-15-9-17-27(31)19-25)32(21-23-11-5-3-6-12-23)22-24-13-7-4-8-14-24/h9,15,17,19,23-24,26,28,30H,2-8,10-14,16,18,20-22H2,1H3. The fourth-order valence-electron chi connectivity index (χ4n) is 7.29. The molecule has 0 saturated heterocycles. The summed E-state index contributed by atoms with van der Waals surface area (Å²) in [4.78, 5) is 15.4. The van der Waals surface area contributed by atoms with Crippen molar-refractivity contribution in [2.24, 2.45) is 17.8 Å². The van der Waals surface area contributed by atoms with E-state index in [1.54, 1.807) is 12.1 Å². The molecule has 4 heteroatoms. The molecule has 34 heavy (non-hydrogen) atoms. The van der Waals surface area contributed by atoms with E-state index in [1.807, 2.05) is 13.0 Å². The number of rotatable bonds is 9. The Balaban J connectivity index is 1.61. The Hall–Kier alpha value is -1.42. The van der Waals surface area contributed by atoms with Gasteiger partial charge in [0.1, 0.15) is 5.82 Å². The van der Waals surface area contributed by atoms with Crippen molar-refractivity contribution >= 4 is 5.97 Å². The van der Waals surface area contributed by atoms with Gasteiger partial charge in [-0.3, -0.25) is 9.69 Å². The number of hydrogen-bond donors (Lipinski definition) is 0. The molecule has 3 saturated carbocycles. The van der Waals surface area contributed by atoms with Crippen molar-refractivity contribution in [1.82, 2.24) is 4.90 Å². The van der Waals surface area contributed by atoms with E-state index in [4.69, 9.17) is 4.74 Å². The molecule has 0 radical (unpaired) electrons. The molecule has 0 bridgehead atoms. The summed E-state index contributed by atoms with van der Waals surface area (Å²) < 4.78 is 19.8. The highest BCUT2D eigenvalue weighted by Crippen LogP contribution is 2.44. The van der Waals surface area contributed by atoms with Gasteiger partial charge in [-0.15, -0.1) is 0 Å². The van der Waals surface area contributed by atoms with E-state index in [9.17, 15) is 9.18 Å². The molecule has 1 aromatic carbocycles. The Labute approximate surface area is 206 Å². The minimum atomic E-state index is -0.164. The van der Waals surface area contributed by atoms with E-state index in [1.165, 1.54) is 77.3 Å². The first-order valence-electron chi connectivity index (χ1n) is 14.3. The van der Waals surface area contributed by atoms with Crippen LogP contribution < -0.4 is 0 Å². The molecule has 0 aromatic heterocycles.